The van der Waals surface area contributed by atoms with Gasteiger partial charge in [-0.3, -0.25) is 4.79 Å². The van der Waals surface area contributed by atoms with Crippen molar-refractivity contribution in [1.82, 2.24) is 20.1 Å². The van der Waals surface area contributed by atoms with Gasteiger partial charge in [-0.1, -0.05) is 0 Å². The van der Waals surface area contributed by atoms with Crippen LogP contribution in [0.5, 0.6) is 0 Å². The number of nitrogens with zero attached hydrogens (tertiary/aromatic N) is 5. The number of piperazine rings is 1. The Bertz CT molecular complexity index is 644. The molecule has 1 amide bonds. The van der Waals surface area contributed by atoms with Crippen LogP contribution in [0.4, 0.5) is 11.8 Å². The standard InChI is InChI=1S/C12H18N6O3S/c19-9-17-2-4-18(5-3-17)12-15-11(7-13-16-12)14-10-1-6-22(20,21)8-10/h7,9-10H,1-6,8H2,(H,14,15,16). The smallest absolute Gasteiger partial charge is 0.247 e. The maximum Gasteiger partial charge on any atom is 0.247 e. The molecular weight excluding hydrogens is 308 g/mol. The number of rotatable bonds is 4. The fourth-order valence-electron chi connectivity index (χ4n) is 2.64. The van der Waals surface area contributed by atoms with Crippen molar-refractivity contribution < 1.29 is 13.2 Å². The van der Waals surface area contributed by atoms with Gasteiger partial charge in [0.1, 0.15) is 0 Å². The molecule has 3 rings (SSSR count). The van der Waals surface area contributed by atoms with Crippen molar-refractivity contribution in [2.24, 2.45) is 0 Å². The van der Waals surface area contributed by atoms with Gasteiger partial charge in [0, 0.05) is 32.2 Å². The van der Waals surface area contributed by atoms with Gasteiger partial charge in [0.2, 0.25) is 12.4 Å². The molecule has 0 aromatic carbocycles. The number of nitrogens with one attached hydrogen (secondary N) is 1. The van der Waals surface area contributed by atoms with Gasteiger partial charge >= 0.3 is 0 Å². The van der Waals surface area contributed by atoms with Crippen LogP contribution in [0, 0.1) is 0 Å². The summed E-state index contributed by atoms with van der Waals surface area (Å²) in [7, 11) is -2.93. The number of hydrogen-bond donors (Lipinski definition) is 1. The Morgan fingerprint density at radius 3 is 2.68 bits per heavy atom. The van der Waals surface area contributed by atoms with Crippen molar-refractivity contribution in [3.63, 3.8) is 0 Å². The monoisotopic (exact) mass is 326 g/mol. The van der Waals surface area contributed by atoms with Crippen LogP contribution >= 0.6 is 0 Å². The second-order valence-electron chi connectivity index (χ2n) is 5.51. The van der Waals surface area contributed by atoms with Gasteiger partial charge in [-0.15, -0.1) is 5.10 Å². The maximum atomic E-state index is 11.5. The minimum absolute atomic E-state index is 0.124. The van der Waals surface area contributed by atoms with E-state index in [-0.39, 0.29) is 17.5 Å². The third-order valence-electron chi connectivity index (χ3n) is 3.88. The summed E-state index contributed by atoms with van der Waals surface area (Å²) >= 11 is 0. The minimum atomic E-state index is -2.93. The lowest BCUT2D eigenvalue weighted by Crippen LogP contribution is -2.46. The lowest BCUT2D eigenvalue weighted by Gasteiger charge is -2.32. The van der Waals surface area contributed by atoms with Crippen molar-refractivity contribution >= 4 is 28.0 Å². The van der Waals surface area contributed by atoms with Crippen LogP contribution in [0.25, 0.3) is 0 Å². The highest BCUT2D eigenvalue weighted by atomic mass is 32.2. The number of amides is 1. The molecule has 2 saturated heterocycles. The summed E-state index contributed by atoms with van der Waals surface area (Å²) in [4.78, 5) is 18.8. The molecule has 2 fully saturated rings. The number of hydrogen-bond acceptors (Lipinski definition) is 8. The predicted molar refractivity (Wildman–Crippen MR) is 80.4 cm³/mol. The van der Waals surface area contributed by atoms with Crippen molar-refractivity contribution in [2.45, 2.75) is 12.5 Å². The van der Waals surface area contributed by atoms with E-state index in [9.17, 15) is 13.2 Å². The molecular formula is C12H18N6O3S. The molecule has 2 aliphatic rings. The van der Waals surface area contributed by atoms with E-state index in [1.54, 1.807) is 4.90 Å². The number of anilines is 2. The summed E-state index contributed by atoms with van der Waals surface area (Å²) in [6.45, 7) is 2.57. The van der Waals surface area contributed by atoms with Gasteiger partial charge in [0.25, 0.3) is 0 Å². The highest BCUT2D eigenvalue weighted by Gasteiger charge is 2.28. The first-order valence-electron chi connectivity index (χ1n) is 7.17. The average Bonchev–Trinajstić information content (AvgIpc) is 2.86. The molecule has 1 aromatic heterocycles. The summed E-state index contributed by atoms with van der Waals surface area (Å²) in [5.41, 5.74) is 0. The fraction of sp³-hybridized carbons (Fsp3) is 0.667. The quantitative estimate of drug-likeness (QED) is 0.684. The topological polar surface area (TPSA) is 108 Å². The lowest BCUT2D eigenvalue weighted by atomic mass is 10.3. The highest BCUT2D eigenvalue weighted by molar-refractivity contribution is 7.91. The van der Waals surface area contributed by atoms with E-state index in [2.05, 4.69) is 20.5 Å². The summed E-state index contributed by atoms with van der Waals surface area (Å²) in [5, 5.41) is 11.1. The van der Waals surface area contributed by atoms with Gasteiger partial charge in [-0.25, -0.2) is 8.42 Å². The largest absolute Gasteiger partial charge is 0.365 e. The Kier molecular flexibility index (Phi) is 4.10. The van der Waals surface area contributed by atoms with Gasteiger partial charge < -0.3 is 15.1 Å². The second kappa shape index (κ2) is 6.03. The fourth-order valence-corrected chi connectivity index (χ4v) is 4.32. The Hall–Kier alpha value is -1.97. The zero-order valence-electron chi connectivity index (χ0n) is 12.1. The van der Waals surface area contributed by atoms with Crippen LogP contribution in [0.1, 0.15) is 6.42 Å². The number of carbonyl (C=O) groups is 1. The first kappa shape index (κ1) is 14.9. The first-order chi connectivity index (χ1) is 10.6. The van der Waals surface area contributed by atoms with E-state index in [1.807, 2.05) is 4.90 Å². The van der Waals surface area contributed by atoms with Crippen LogP contribution < -0.4 is 10.2 Å². The molecule has 2 aliphatic heterocycles. The summed E-state index contributed by atoms with van der Waals surface area (Å²) in [6, 6.07) is -0.124. The van der Waals surface area contributed by atoms with Crippen molar-refractivity contribution in [3.8, 4) is 0 Å². The van der Waals surface area contributed by atoms with Gasteiger partial charge in [-0.05, 0) is 6.42 Å². The molecule has 9 nitrogen and oxygen atoms in total. The zero-order chi connectivity index (χ0) is 15.6. The Morgan fingerprint density at radius 1 is 1.27 bits per heavy atom. The molecule has 1 unspecified atom stereocenters. The maximum absolute atomic E-state index is 11.5. The summed E-state index contributed by atoms with van der Waals surface area (Å²) in [5.74, 6) is 1.37. The average molecular weight is 326 g/mol. The third-order valence-corrected chi connectivity index (χ3v) is 5.65. The molecule has 120 valence electrons. The molecule has 1 atom stereocenters. The molecule has 0 aliphatic carbocycles. The first-order valence-corrected chi connectivity index (χ1v) is 8.99. The Morgan fingerprint density at radius 2 is 2.05 bits per heavy atom. The highest BCUT2D eigenvalue weighted by Crippen LogP contribution is 2.17. The molecule has 1 N–H and O–H groups in total. The molecule has 0 radical (unpaired) electrons. The van der Waals surface area contributed by atoms with E-state index in [4.69, 9.17) is 0 Å². The van der Waals surface area contributed by atoms with Crippen molar-refractivity contribution in [2.75, 3.05) is 47.9 Å². The normalized spacial score (nSPS) is 24.3. The molecule has 0 bridgehead atoms. The van der Waals surface area contributed by atoms with E-state index in [1.165, 1.54) is 6.20 Å². The number of sulfone groups is 1. The molecule has 0 saturated carbocycles. The summed E-state index contributed by atoms with van der Waals surface area (Å²) in [6.07, 6.45) is 2.92. The van der Waals surface area contributed by atoms with E-state index < -0.39 is 9.84 Å². The zero-order valence-corrected chi connectivity index (χ0v) is 12.9. The Labute approximate surface area is 128 Å². The van der Waals surface area contributed by atoms with Crippen LogP contribution in [-0.4, -0.2) is 78.6 Å². The van der Waals surface area contributed by atoms with Crippen LogP contribution in [-0.2, 0) is 14.6 Å². The van der Waals surface area contributed by atoms with Gasteiger partial charge in [-0.2, -0.15) is 10.1 Å². The van der Waals surface area contributed by atoms with E-state index >= 15 is 0 Å². The third kappa shape index (κ3) is 3.43. The van der Waals surface area contributed by atoms with E-state index in [0.29, 0.717) is 44.4 Å². The van der Waals surface area contributed by atoms with Gasteiger partial charge in [0.15, 0.2) is 15.7 Å². The van der Waals surface area contributed by atoms with Crippen LogP contribution in [0.3, 0.4) is 0 Å². The Balaban J connectivity index is 1.64. The predicted octanol–water partition coefficient (Wildman–Crippen LogP) is -1.25. The minimum Gasteiger partial charge on any atom is -0.365 e. The molecule has 1 aromatic rings. The van der Waals surface area contributed by atoms with Crippen LogP contribution in [0.15, 0.2) is 6.20 Å². The number of aromatic nitrogens is 3. The van der Waals surface area contributed by atoms with Crippen molar-refractivity contribution in [3.05, 3.63) is 6.20 Å². The van der Waals surface area contributed by atoms with Crippen molar-refractivity contribution in [1.29, 1.82) is 0 Å². The van der Waals surface area contributed by atoms with Crippen LogP contribution in [0.2, 0.25) is 0 Å². The molecule has 22 heavy (non-hydrogen) atoms. The molecule has 10 heteroatoms. The molecule has 3 heterocycles. The SMILES string of the molecule is O=CN1CCN(c2nncc(NC3CCS(=O)(=O)C3)n2)CC1. The van der Waals surface area contributed by atoms with Gasteiger partial charge in [0.05, 0.1) is 17.7 Å². The summed E-state index contributed by atoms with van der Waals surface area (Å²) < 4.78 is 22.9. The lowest BCUT2D eigenvalue weighted by molar-refractivity contribution is -0.118. The van der Waals surface area contributed by atoms with E-state index in [0.717, 1.165) is 6.41 Å². The molecule has 0 spiro atoms. The number of carbonyl (C=O) groups excluding carboxylic acids is 1. The second-order valence-corrected chi connectivity index (χ2v) is 7.74.